The molecule has 7 heteroatoms. The second kappa shape index (κ2) is 9.35. The van der Waals surface area contributed by atoms with Crippen LogP contribution in [0.15, 0.2) is 36.4 Å². The van der Waals surface area contributed by atoms with E-state index in [1.54, 1.807) is 6.07 Å². The molecule has 2 aromatic rings. The van der Waals surface area contributed by atoms with Gasteiger partial charge in [0.1, 0.15) is 5.82 Å². The first-order valence-corrected chi connectivity index (χ1v) is 11.7. The van der Waals surface area contributed by atoms with E-state index < -0.39 is 11.2 Å². The summed E-state index contributed by atoms with van der Waals surface area (Å²) in [5, 5.41) is 3.70. The highest BCUT2D eigenvalue weighted by atomic mass is 35.5. The Balaban J connectivity index is 1.29. The van der Waals surface area contributed by atoms with Crippen LogP contribution in [0, 0.1) is 5.82 Å². The van der Waals surface area contributed by atoms with Crippen LogP contribution in [-0.2, 0) is 10.2 Å². The molecule has 0 aromatic heterocycles. The van der Waals surface area contributed by atoms with Crippen molar-refractivity contribution < 1.29 is 9.18 Å². The molecule has 2 aliphatic heterocycles. The number of rotatable bonds is 7. The molecule has 2 aliphatic rings. The van der Waals surface area contributed by atoms with Crippen LogP contribution in [0.25, 0.3) is 0 Å². The first-order chi connectivity index (χ1) is 14.9. The molecule has 1 amide bonds. The summed E-state index contributed by atoms with van der Waals surface area (Å²) >= 11 is 12.0. The Labute approximate surface area is 193 Å². The fourth-order valence-corrected chi connectivity index (χ4v) is 5.12. The molecule has 4 nitrogen and oxygen atoms in total. The number of amides is 1. The maximum Gasteiger partial charge on any atom is 0.235 e. The summed E-state index contributed by atoms with van der Waals surface area (Å²) in [5.74, 6) is -0.534. The number of carbonyl (C=O) groups excluding carboxylic acids is 1. The Kier molecular flexibility index (Phi) is 6.75. The number of nitrogens with one attached hydrogen (secondary N) is 1. The Morgan fingerprint density at radius 1 is 1.06 bits per heavy atom. The van der Waals surface area contributed by atoms with Crippen molar-refractivity contribution in [3.05, 3.63) is 57.8 Å². The number of benzene rings is 2. The van der Waals surface area contributed by atoms with E-state index in [9.17, 15) is 9.18 Å². The van der Waals surface area contributed by atoms with Crippen LogP contribution in [0.1, 0.15) is 38.2 Å². The van der Waals surface area contributed by atoms with Crippen LogP contribution in [0.5, 0.6) is 0 Å². The number of unbranched alkanes of at least 4 members (excludes halogenated alkanes) is 1. The van der Waals surface area contributed by atoms with Crippen LogP contribution in [0.2, 0.25) is 10.0 Å². The van der Waals surface area contributed by atoms with Crippen molar-refractivity contribution in [2.75, 3.05) is 42.9 Å². The van der Waals surface area contributed by atoms with E-state index in [1.165, 1.54) is 11.8 Å². The zero-order chi connectivity index (χ0) is 22.0. The molecule has 1 N–H and O–H groups in total. The van der Waals surface area contributed by atoms with E-state index in [-0.39, 0.29) is 10.9 Å². The maximum absolute atomic E-state index is 13.8. The Bertz CT molecular complexity index is 945. The Morgan fingerprint density at radius 3 is 2.45 bits per heavy atom. The zero-order valence-corrected chi connectivity index (χ0v) is 19.3. The standard InChI is InChI=1S/C24H28Cl2FN3O/c1-2-24(19-15-20(26)21(27)16-22(19)28-23(24)31)9-3-4-10-29-11-13-30(14-12-29)18-7-5-17(25)6-8-18/h5-8,15-16H,2-4,9-14H2,1H3,(H,28,31). The summed E-state index contributed by atoms with van der Waals surface area (Å²) in [6.45, 7) is 7.09. The first kappa shape index (κ1) is 22.4. The number of hydrogen-bond acceptors (Lipinski definition) is 3. The molecule has 4 rings (SSSR count). The summed E-state index contributed by atoms with van der Waals surface area (Å²) in [7, 11) is 0. The fraction of sp³-hybridized carbons (Fsp3) is 0.458. The normalized spacial score (nSPS) is 21.3. The lowest BCUT2D eigenvalue weighted by molar-refractivity contribution is -0.121. The number of carbonyl (C=O) groups is 1. The van der Waals surface area contributed by atoms with Gasteiger partial charge in [0.25, 0.3) is 0 Å². The van der Waals surface area contributed by atoms with Crippen molar-refractivity contribution in [2.45, 2.75) is 38.0 Å². The minimum absolute atomic E-state index is 0.0387. The van der Waals surface area contributed by atoms with E-state index in [0.717, 1.165) is 62.6 Å². The summed E-state index contributed by atoms with van der Waals surface area (Å²) in [4.78, 5) is 17.7. The first-order valence-electron chi connectivity index (χ1n) is 11.0. The molecule has 0 spiro atoms. The number of halogens is 3. The average molecular weight is 464 g/mol. The molecule has 1 unspecified atom stereocenters. The van der Waals surface area contributed by atoms with Gasteiger partial charge in [-0.1, -0.05) is 36.5 Å². The van der Waals surface area contributed by atoms with Crippen molar-refractivity contribution in [1.29, 1.82) is 0 Å². The second-order valence-corrected chi connectivity index (χ2v) is 9.31. The minimum atomic E-state index is -0.611. The second-order valence-electron chi connectivity index (χ2n) is 8.46. The van der Waals surface area contributed by atoms with Crippen LogP contribution in [0.4, 0.5) is 15.8 Å². The third-order valence-electron chi connectivity index (χ3n) is 6.75. The maximum atomic E-state index is 13.8. The molecule has 31 heavy (non-hydrogen) atoms. The quantitative estimate of drug-likeness (QED) is 0.532. The number of piperazine rings is 1. The van der Waals surface area contributed by atoms with Gasteiger partial charge in [0.2, 0.25) is 5.91 Å². The number of nitrogens with zero attached hydrogens (tertiary/aromatic N) is 2. The van der Waals surface area contributed by atoms with Crippen LogP contribution >= 0.6 is 23.2 Å². The molecule has 2 heterocycles. The predicted molar refractivity (Wildman–Crippen MR) is 126 cm³/mol. The van der Waals surface area contributed by atoms with Crippen LogP contribution < -0.4 is 10.2 Å². The third-order valence-corrected chi connectivity index (χ3v) is 7.30. The molecule has 0 radical (unpaired) electrons. The van der Waals surface area contributed by atoms with Crippen molar-refractivity contribution in [3.63, 3.8) is 0 Å². The topological polar surface area (TPSA) is 35.6 Å². The number of anilines is 2. The largest absolute Gasteiger partial charge is 0.369 e. The average Bonchev–Trinajstić information content (AvgIpc) is 3.03. The Hall–Kier alpha value is -1.82. The van der Waals surface area contributed by atoms with Gasteiger partial charge in [-0.25, -0.2) is 4.39 Å². The van der Waals surface area contributed by atoms with Gasteiger partial charge in [0.05, 0.1) is 10.4 Å². The highest BCUT2D eigenvalue weighted by Gasteiger charge is 2.45. The van der Waals surface area contributed by atoms with Gasteiger partial charge in [-0.3, -0.25) is 9.69 Å². The van der Waals surface area contributed by atoms with Crippen molar-refractivity contribution in [3.8, 4) is 0 Å². The van der Waals surface area contributed by atoms with Crippen LogP contribution in [-0.4, -0.2) is 43.5 Å². The van der Waals surface area contributed by atoms with Crippen molar-refractivity contribution in [2.24, 2.45) is 0 Å². The number of fused-ring (bicyclic) bond motifs is 1. The molecule has 1 saturated heterocycles. The highest BCUT2D eigenvalue weighted by molar-refractivity contribution is 6.31. The SMILES string of the molecule is CCC1(CCCCN2CCN(c3ccc(Cl)cc3)CC2)C(=O)Nc2cc(F)c(Cl)cc21. The van der Waals surface area contributed by atoms with Crippen molar-refractivity contribution >= 4 is 40.5 Å². The predicted octanol–water partition coefficient (Wildman–Crippen LogP) is 5.72. The lowest BCUT2D eigenvalue weighted by Gasteiger charge is -2.36. The van der Waals surface area contributed by atoms with E-state index in [4.69, 9.17) is 23.2 Å². The van der Waals surface area contributed by atoms with E-state index in [1.807, 2.05) is 19.1 Å². The van der Waals surface area contributed by atoms with Crippen LogP contribution in [0.3, 0.4) is 0 Å². The molecule has 0 bridgehead atoms. The monoisotopic (exact) mass is 463 g/mol. The van der Waals surface area contributed by atoms with Gasteiger partial charge < -0.3 is 10.2 Å². The van der Waals surface area contributed by atoms with E-state index in [2.05, 4.69) is 27.2 Å². The van der Waals surface area contributed by atoms with Crippen molar-refractivity contribution in [1.82, 2.24) is 4.90 Å². The van der Waals surface area contributed by atoms with Gasteiger partial charge in [0, 0.05) is 42.6 Å². The summed E-state index contributed by atoms with van der Waals surface area (Å²) < 4.78 is 13.8. The lowest BCUT2D eigenvalue weighted by Crippen LogP contribution is -2.46. The molecule has 166 valence electrons. The molecule has 0 saturated carbocycles. The summed E-state index contributed by atoms with van der Waals surface area (Å²) in [6.07, 6.45) is 3.38. The van der Waals surface area contributed by atoms with Gasteiger partial charge in [0.15, 0.2) is 0 Å². The minimum Gasteiger partial charge on any atom is -0.369 e. The number of hydrogen-bond donors (Lipinski definition) is 1. The molecule has 2 aromatic carbocycles. The molecule has 1 fully saturated rings. The van der Waals surface area contributed by atoms with E-state index in [0.29, 0.717) is 12.1 Å². The van der Waals surface area contributed by atoms with Gasteiger partial charge in [-0.2, -0.15) is 0 Å². The zero-order valence-electron chi connectivity index (χ0n) is 17.8. The Morgan fingerprint density at radius 2 is 1.77 bits per heavy atom. The molecular formula is C24H28Cl2FN3O. The summed E-state index contributed by atoms with van der Waals surface area (Å²) in [6, 6.07) is 11.0. The van der Waals surface area contributed by atoms with Gasteiger partial charge in [-0.15, -0.1) is 0 Å². The van der Waals surface area contributed by atoms with E-state index >= 15 is 0 Å². The molecule has 1 atom stereocenters. The third kappa shape index (κ3) is 4.55. The fourth-order valence-electron chi connectivity index (χ4n) is 4.83. The van der Waals surface area contributed by atoms with Gasteiger partial charge >= 0.3 is 0 Å². The lowest BCUT2D eigenvalue weighted by atomic mass is 9.75. The smallest absolute Gasteiger partial charge is 0.235 e. The highest BCUT2D eigenvalue weighted by Crippen LogP contribution is 2.45. The van der Waals surface area contributed by atoms with Gasteiger partial charge in [-0.05, 0) is 67.8 Å². The molecule has 0 aliphatic carbocycles. The summed E-state index contributed by atoms with van der Waals surface area (Å²) in [5.41, 5.74) is 2.00. The molecular weight excluding hydrogens is 436 g/mol.